The van der Waals surface area contributed by atoms with Gasteiger partial charge in [0.1, 0.15) is 18.1 Å². The van der Waals surface area contributed by atoms with Crippen LogP contribution in [0.4, 0.5) is 0 Å². The van der Waals surface area contributed by atoms with Crippen molar-refractivity contribution in [2.24, 2.45) is 11.5 Å². The number of nitrogens with one attached hydrogen (secondary N) is 2. The molecule has 0 saturated carbocycles. The van der Waals surface area contributed by atoms with Crippen LogP contribution >= 0.6 is 12.6 Å². The van der Waals surface area contributed by atoms with E-state index < -0.39 is 42.0 Å². The molecule has 0 bridgehead atoms. The van der Waals surface area contributed by atoms with Crippen molar-refractivity contribution < 1.29 is 24.3 Å². The number of hydrogen-bond donors (Lipinski definition) is 6. The molecular formula is C23H35N5O5S. The van der Waals surface area contributed by atoms with Crippen LogP contribution in [-0.4, -0.2) is 76.7 Å². The quantitative estimate of drug-likeness (QED) is 0.161. The number of carbonyl (C=O) groups is 4. The van der Waals surface area contributed by atoms with Crippen LogP contribution in [0.15, 0.2) is 30.3 Å². The standard InChI is InChI=1S/C23H35N5O5S/c24-11-5-4-9-17(23(32)33)26-20(29)18(14-34)27-21(30)19-10-6-12-28(19)22(31)16(25)13-15-7-2-1-3-8-15/h1-3,7-8,16-19,34H,4-6,9-14,24-25H2,(H,26,29)(H,27,30)(H,32,33). The van der Waals surface area contributed by atoms with Gasteiger partial charge < -0.3 is 32.1 Å². The molecule has 2 rings (SSSR count). The molecule has 0 radical (unpaired) electrons. The third-order valence-electron chi connectivity index (χ3n) is 5.83. The summed E-state index contributed by atoms with van der Waals surface area (Å²) in [6, 6.07) is 5.73. The Morgan fingerprint density at radius 1 is 1.12 bits per heavy atom. The van der Waals surface area contributed by atoms with E-state index in [2.05, 4.69) is 23.3 Å². The highest BCUT2D eigenvalue weighted by atomic mass is 32.1. The SMILES string of the molecule is NCCCCC(NC(=O)C(CS)NC(=O)C1CCCN1C(=O)C(N)Cc1ccccc1)C(=O)O. The molecule has 1 aliphatic heterocycles. The predicted octanol–water partition coefficient (Wildman–Crippen LogP) is -0.340. The highest BCUT2D eigenvalue weighted by molar-refractivity contribution is 7.80. The van der Waals surface area contributed by atoms with Crippen molar-refractivity contribution in [3.05, 3.63) is 35.9 Å². The first-order chi connectivity index (χ1) is 16.3. The number of likely N-dealkylation sites (tertiary alicyclic amines) is 1. The Bertz CT molecular complexity index is 840. The number of nitrogens with two attached hydrogens (primary N) is 2. The molecule has 7 N–H and O–H groups in total. The molecule has 0 aliphatic carbocycles. The average molecular weight is 494 g/mol. The number of rotatable bonds is 13. The van der Waals surface area contributed by atoms with Gasteiger partial charge in [0.05, 0.1) is 6.04 Å². The Kier molecular flexibility index (Phi) is 11.3. The summed E-state index contributed by atoms with van der Waals surface area (Å²) in [7, 11) is 0. The van der Waals surface area contributed by atoms with E-state index in [1.165, 1.54) is 4.90 Å². The van der Waals surface area contributed by atoms with Gasteiger partial charge in [0, 0.05) is 12.3 Å². The Balaban J connectivity index is 1.97. The minimum atomic E-state index is -1.16. The first-order valence-electron chi connectivity index (χ1n) is 11.5. The molecule has 11 heteroatoms. The van der Waals surface area contributed by atoms with E-state index in [1.807, 2.05) is 30.3 Å². The fourth-order valence-electron chi connectivity index (χ4n) is 3.96. The molecule has 1 heterocycles. The number of amides is 3. The normalized spacial score (nSPS) is 18.1. The fourth-order valence-corrected chi connectivity index (χ4v) is 4.21. The van der Waals surface area contributed by atoms with Gasteiger partial charge in [-0.15, -0.1) is 0 Å². The minimum absolute atomic E-state index is 0.0269. The minimum Gasteiger partial charge on any atom is -0.480 e. The lowest BCUT2D eigenvalue weighted by Crippen LogP contribution is -2.57. The van der Waals surface area contributed by atoms with Gasteiger partial charge in [0.15, 0.2) is 0 Å². The summed E-state index contributed by atoms with van der Waals surface area (Å²) in [6.45, 7) is 0.834. The number of carbonyl (C=O) groups excluding carboxylic acids is 3. The van der Waals surface area contributed by atoms with E-state index in [9.17, 15) is 24.3 Å². The Morgan fingerprint density at radius 2 is 1.82 bits per heavy atom. The number of thiol groups is 1. The van der Waals surface area contributed by atoms with Crippen LogP contribution in [0.2, 0.25) is 0 Å². The van der Waals surface area contributed by atoms with Gasteiger partial charge in [-0.2, -0.15) is 12.6 Å². The third kappa shape index (κ3) is 8.00. The lowest BCUT2D eigenvalue weighted by Gasteiger charge is -2.28. The molecule has 10 nitrogen and oxygen atoms in total. The van der Waals surface area contributed by atoms with E-state index >= 15 is 0 Å². The molecule has 1 saturated heterocycles. The predicted molar refractivity (Wildman–Crippen MR) is 131 cm³/mol. The number of carboxylic acid groups (broad SMARTS) is 1. The number of carboxylic acids is 1. The fraction of sp³-hybridized carbons (Fsp3) is 0.565. The molecule has 34 heavy (non-hydrogen) atoms. The second-order valence-corrected chi connectivity index (χ2v) is 8.78. The maximum Gasteiger partial charge on any atom is 0.326 e. The van der Waals surface area contributed by atoms with Crippen LogP contribution in [-0.2, 0) is 25.6 Å². The van der Waals surface area contributed by atoms with Gasteiger partial charge >= 0.3 is 5.97 Å². The van der Waals surface area contributed by atoms with Gasteiger partial charge in [-0.1, -0.05) is 30.3 Å². The van der Waals surface area contributed by atoms with Gasteiger partial charge in [-0.25, -0.2) is 4.79 Å². The molecule has 1 aromatic carbocycles. The van der Waals surface area contributed by atoms with Gasteiger partial charge in [0.25, 0.3) is 0 Å². The van der Waals surface area contributed by atoms with E-state index in [0.717, 1.165) is 5.56 Å². The Morgan fingerprint density at radius 3 is 2.44 bits per heavy atom. The molecule has 0 aromatic heterocycles. The van der Waals surface area contributed by atoms with Crippen molar-refractivity contribution in [3.63, 3.8) is 0 Å². The van der Waals surface area contributed by atoms with Crippen LogP contribution in [0, 0.1) is 0 Å². The third-order valence-corrected chi connectivity index (χ3v) is 6.20. The van der Waals surface area contributed by atoms with Crippen molar-refractivity contribution in [1.29, 1.82) is 0 Å². The Hall–Kier alpha value is -2.63. The maximum absolute atomic E-state index is 13.0. The van der Waals surface area contributed by atoms with Crippen molar-refractivity contribution in [1.82, 2.24) is 15.5 Å². The maximum atomic E-state index is 13.0. The average Bonchev–Trinajstić information content (AvgIpc) is 3.31. The summed E-state index contributed by atoms with van der Waals surface area (Å²) < 4.78 is 0. The monoisotopic (exact) mass is 493 g/mol. The van der Waals surface area contributed by atoms with Gasteiger partial charge in [-0.3, -0.25) is 14.4 Å². The summed E-state index contributed by atoms with van der Waals surface area (Å²) >= 11 is 4.14. The molecule has 4 atom stereocenters. The second-order valence-electron chi connectivity index (χ2n) is 8.41. The van der Waals surface area contributed by atoms with E-state index in [-0.39, 0.29) is 18.1 Å². The molecule has 1 fully saturated rings. The Labute approximate surface area is 205 Å². The summed E-state index contributed by atoms with van der Waals surface area (Å²) in [6.07, 6.45) is 2.87. The van der Waals surface area contributed by atoms with E-state index in [0.29, 0.717) is 45.2 Å². The zero-order valence-electron chi connectivity index (χ0n) is 19.2. The van der Waals surface area contributed by atoms with Crippen molar-refractivity contribution in [3.8, 4) is 0 Å². The lowest BCUT2D eigenvalue weighted by molar-refractivity contribution is -0.143. The number of nitrogens with zero attached hydrogens (tertiary/aromatic N) is 1. The molecule has 3 amide bonds. The van der Waals surface area contributed by atoms with Crippen molar-refractivity contribution >= 4 is 36.3 Å². The lowest BCUT2D eigenvalue weighted by atomic mass is 10.0. The second kappa shape index (κ2) is 13.9. The van der Waals surface area contributed by atoms with Crippen molar-refractivity contribution in [2.75, 3.05) is 18.8 Å². The van der Waals surface area contributed by atoms with E-state index in [1.54, 1.807) is 0 Å². The van der Waals surface area contributed by atoms with Gasteiger partial charge in [-0.05, 0) is 50.6 Å². The summed E-state index contributed by atoms with van der Waals surface area (Å²) in [5, 5.41) is 14.5. The van der Waals surface area contributed by atoms with Crippen molar-refractivity contribution in [2.45, 2.75) is 62.7 Å². The zero-order chi connectivity index (χ0) is 25.1. The van der Waals surface area contributed by atoms with Crippen LogP contribution < -0.4 is 22.1 Å². The molecule has 4 unspecified atom stereocenters. The number of benzene rings is 1. The first kappa shape index (κ1) is 27.6. The molecule has 188 valence electrons. The summed E-state index contributed by atoms with van der Waals surface area (Å²) in [5.41, 5.74) is 12.5. The summed E-state index contributed by atoms with van der Waals surface area (Å²) in [5.74, 6) is -2.63. The topological polar surface area (TPSA) is 168 Å². The van der Waals surface area contributed by atoms with Crippen LogP contribution in [0.3, 0.4) is 0 Å². The number of aliphatic carboxylic acids is 1. The van der Waals surface area contributed by atoms with Gasteiger partial charge in [0.2, 0.25) is 17.7 Å². The molecule has 0 spiro atoms. The molecule has 1 aliphatic rings. The summed E-state index contributed by atoms with van der Waals surface area (Å²) in [4.78, 5) is 51.5. The van der Waals surface area contributed by atoms with Crippen LogP contribution in [0.1, 0.15) is 37.7 Å². The highest BCUT2D eigenvalue weighted by Crippen LogP contribution is 2.19. The highest BCUT2D eigenvalue weighted by Gasteiger charge is 2.37. The largest absolute Gasteiger partial charge is 0.480 e. The molecule has 1 aromatic rings. The van der Waals surface area contributed by atoms with Crippen LogP contribution in [0.25, 0.3) is 0 Å². The van der Waals surface area contributed by atoms with Crippen LogP contribution in [0.5, 0.6) is 0 Å². The van der Waals surface area contributed by atoms with E-state index in [4.69, 9.17) is 11.5 Å². The molecular weight excluding hydrogens is 458 g/mol. The number of unbranched alkanes of at least 4 members (excludes halogenated alkanes) is 1. The smallest absolute Gasteiger partial charge is 0.326 e. The first-order valence-corrected chi connectivity index (χ1v) is 12.2. The zero-order valence-corrected chi connectivity index (χ0v) is 20.1. The number of hydrogen-bond acceptors (Lipinski definition) is 7.